The zero-order chi connectivity index (χ0) is 15.6. The number of thiophene rings is 1. The van der Waals surface area contributed by atoms with Crippen LogP contribution in [0.15, 0.2) is 34.1 Å². The molecule has 1 atom stereocenters. The van der Waals surface area contributed by atoms with Crippen LogP contribution < -0.4 is 10.0 Å². The van der Waals surface area contributed by atoms with Crippen LogP contribution in [0.25, 0.3) is 0 Å². The van der Waals surface area contributed by atoms with E-state index >= 15 is 0 Å². The predicted octanol–water partition coefficient (Wildman–Crippen LogP) is 4.71. The molecule has 1 aromatic carbocycles. The van der Waals surface area contributed by atoms with Gasteiger partial charge in [-0.2, -0.15) is 0 Å². The molecular formula is C13H14BrClN2O2S2. The topological polar surface area (TPSA) is 58.2 Å². The van der Waals surface area contributed by atoms with Gasteiger partial charge in [-0.15, -0.1) is 11.3 Å². The second-order valence-electron chi connectivity index (χ2n) is 4.58. The monoisotopic (exact) mass is 408 g/mol. The summed E-state index contributed by atoms with van der Waals surface area (Å²) in [6, 6.07) is 9.05. The van der Waals surface area contributed by atoms with E-state index in [4.69, 9.17) is 11.6 Å². The molecule has 8 heteroatoms. The minimum Gasteiger partial charge on any atom is -0.376 e. The minimum atomic E-state index is -3.31. The molecule has 0 aliphatic heterocycles. The molecule has 114 valence electrons. The van der Waals surface area contributed by atoms with Crippen molar-refractivity contribution < 1.29 is 8.42 Å². The Morgan fingerprint density at radius 3 is 2.57 bits per heavy atom. The molecule has 0 aliphatic carbocycles. The van der Waals surface area contributed by atoms with Crippen LogP contribution in [0.3, 0.4) is 0 Å². The lowest BCUT2D eigenvalue weighted by Crippen LogP contribution is -2.10. The largest absolute Gasteiger partial charge is 0.376 e. The third-order valence-electron chi connectivity index (χ3n) is 2.66. The van der Waals surface area contributed by atoms with Gasteiger partial charge in [-0.1, -0.05) is 11.6 Å². The van der Waals surface area contributed by atoms with Crippen molar-refractivity contribution in [2.45, 2.75) is 13.0 Å². The summed E-state index contributed by atoms with van der Waals surface area (Å²) in [5.74, 6) is 0. The third kappa shape index (κ3) is 4.88. The van der Waals surface area contributed by atoms with E-state index in [0.717, 1.165) is 14.9 Å². The lowest BCUT2D eigenvalue weighted by Gasteiger charge is -2.16. The highest BCUT2D eigenvalue weighted by molar-refractivity contribution is 9.11. The Morgan fingerprint density at radius 2 is 2.00 bits per heavy atom. The molecule has 2 aromatic rings. The molecule has 4 nitrogen and oxygen atoms in total. The van der Waals surface area contributed by atoms with Gasteiger partial charge >= 0.3 is 0 Å². The normalized spacial score (nSPS) is 13.0. The summed E-state index contributed by atoms with van der Waals surface area (Å²) in [6.45, 7) is 2.02. The number of hydrogen-bond acceptors (Lipinski definition) is 4. The van der Waals surface area contributed by atoms with Crippen molar-refractivity contribution in [1.82, 2.24) is 0 Å². The van der Waals surface area contributed by atoms with E-state index in [1.165, 1.54) is 0 Å². The lowest BCUT2D eigenvalue weighted by atomic mass is 10.2. The molecule has 1 aromatic heterocycles. The molecule has 0 saturated heterocycles. The van der Waals surface area contributed by atoms with Gasteiger partial charge in [0, 0.05) is 4.88 Å². The molecule has 0 amide bonds. The summed E-state index contributed by atoms with van der Waals surface area (Å²) in [5.41, 5.74) is 1.16. The van der Waals surface area contributed by atoms with E-state index in [-0.39, 0.29) is 6.04 Å². The van der Waals surface area contributed by atoms with Crippen LogP contribution in [0.5, 0.6) is 0 Å². The SMILES string of the molecule is CC(Nc1cc(NS(C)(=O)=O)ccc1Cl)c1ccc(Br)s1. The number of hydrogen-bond donors (Lipinski definition) is 2. The van der Waals surface area contributed by atoms with Gasteiger partial charge in [0.25, 0.3) is 0 Å². The summed E-state index contributed by atoms with van der Waals surface area (Å²) in [6.07, 6.45) is 1.11. The molecule has 0 fully saturated rings. The van der Waals surface area contributed by atoms with E-state index in [1.54, 1.807) is 29.5 Å². The Morgan fingerprint density at radius 1 is 1.29 bits per heavy atom. The molecule has 21 heavy (non-hydrogen) atoms. The summed E-state index contributed by atoms with van der Waals surface area (Å²) >= 11 is 11.2. The quantitative estimate of drug-likeness (QED) is 0.752. The number of halogens is 2. The van der Waals surface area contributed by atoms with Gasteiger partial charge in [0.05, 0.1) is 32.5 Å². The maximum absolute atomic E-state index is 11.3. The van der Waals surface area contributed by atoms with Crippen molar-refractivity contribution in [1.29, 1.82) is 0 Å². The third-order valence-corrected chi connectivity index (χ3v) is 5.40. The van der Waals surface area contributed by atoms with Gasteiger partial charge in [-0.05, 0) is 53.2 Å². The Bertz CT molecular complexity index is 746. The zero-order valence-corrected chi connectivity index (χ0v) is 15.3. The number of sulfonamides is 1. The number of nitrogens with one attached hydrogen (secondary N) is 2. The van der Waals surface area contributed by atoms with E-state index < -0.39 is 10.0 Å². The second-order valence-corrected chi connectivity index (χ2v) is 9.23. The molecule has 0 aliphatic rings. The van der Waals surface area contributed by atoms with Crippen LogP contribution in [-0.2, 0) is 10.0 Å². The van der Waals surface area contributed by atoms with E-state index in [0.29, 0.717) is 16.4 Å². The van der Waals surface area contributed by atoms with Crippen LogP contribution in [-0.4, -0.2) is 14.7 Å². The fraction of sp³-hybridized carbons (Fsp3) is 0.231. The molecule has 0 bridgehead atoms. The van der Waals surface area contributed by atoms with Crippen LogP contribution in [0.2, 0.25) is 5.02 Å². The summed E-state index contributed by atoms with van der Waals surface area (Å²) in [4.78, 5) is 1.15. The first kappa shape index (κ1) is 16.6. The molecular weight excluding hydrogens is 396 g/mol. The van der Waals surface area contributed by atoms with Crippen LogP contribution in [0, 0.1) is 0 Å². The Balaban J connectivity index is 2.21. The van der Waals surface area contributed by atoms with Gasteiger partial charge < -0.3 is 5.32 Å². The van der Waals surface area contributed by atoms with Crippen molar-refractivity contribution in [2.75, 3.05) is 16.3 Å². The number of rotatable bonds is 5. The van der Waals surface area contributed by atoms with Crippen molar-refractivity contribution in [2.24, 2.45) is 0 Å². The standard InChI is InChI=1S/C13H14BrClN2O2S2/c1-8(12-5-6-13(14)20-12)16-11-7-9(3-4-10(11)15)17-21(2,18)19/h3-8,16-17H,1-2H3. The Kier molecular flexibility index (Phi) is 5.19. The van der Waals surface area contributed by atoms with Crippen molar-refractivity contribution >= 4 is 60.3 Å². The maximum atomic E-state index is 11.3. The minimum absolute atomic E-state index is 0.0623. The first-order chi connectivity index (χ1) is 9.74. The fourth-order valence-corrected chi connectivity index (χ4v) is 3.93. The Hall–Kier alpha value is -0.760. The van der Waals surface area contributed by atoms with Crippen LogP contribution in [0.1, 0.15) is 17.8 Å². The van der Waals surface area contributed by atoms with Gasteiger partial charge in [0.2, 0.25) is 10.0 Å². The molecule has 0 saturated carbocycles. The fourth-order valence-electron chi connectivity index (χ4n) is 1.78. The van der Waals surface area contributed by atoms with Crippen molar-refractivity contribution in [3.63, 3.8) is 0 Å². The summed E-state index contributed by atoms with van der Waals surface area (Å²) < 4.78 is 26.0. The van der Waals surface area contributed by atoms with E-state index in [2.05, 4.69) is 26.0 Å². The van der Waals surface area contributed by atoms with Gasteiger partial charge in [0.15, 0.2) is 0 Å². The maximum Gasteiger partial charge on any atom is 0.229 e. The van der Waals surface area contributed by atoms with Gasteiger partial charge in [-0.3, -0.25) is 4.72 Å². The second kappa shape index (κ2) is 6.56. The van der Waals surface area contributed by atoms with Crippen molar-refractivity contribution in [3.8, 4) is 0 Å². The van der Waals surface area contributed by atoms with Gasteiger partial charge in [-0.25, -0.2) is 8.42 Å². The van der Waals surface area contributed by atoms with Crippen molar-refractivity contribution in [3.05, 3.63) is 44.0 Å². The molecule has 1 heterocycles. The highest BCUT2D eigenvalue weighted by Gasteiger charge is 2.11. The smallest absolute Gasteiger partial charge is 0.229 e. The molecule has 0 radical (unpaired) electrons. The molecule has 1 unspecified atom stereocenters. The molecule has 2 N–H and O–H groups in total. The first-order valence-corrected chi connectivity index (χ1v) is 9.91. The number of benzene rings is 1. The van der Waals surface area contributed by atoms with Gasteiger partial charge in [0.1, 0.15) is 0 Å². The average Bonchev–Trinajstić information content (AvgIpc) is 2.78. The number of anilines is 2. The zero-order valence-electron chi connectivity index (χ0n) is 11.4. The molecule has 2 rings (SSSR count). The predicted molar refractivity (Wildman–Crippen MR) is 94.0 cm³/mol. The summed E-state index contributed by atoms with van der Waals surface area (Å²) in [5, 5.41) is 3.83. The Labute approximate surface area is 141 Å². The van der Waals surface area contributed by atoms with E-state index in [1.807, 2.05) is 19.1 Å². The summed E-state index contributed by atoms with van der Waals surface area (Å²) in [7, 11) is -3.31. The highest BCUT2D eigenvalue weighted by atomic mass is 79.9. The van der Waals surface area contributed by atoms with E-state index in [9.17, 15) is 8.42 Å². The first-order valence-electron chi connectivity index (χ1n) is 6.04. The lowest BCUT2D eigenvalue weighted by molar-refractivity contribution is 0.607. The van der Waals surface area contributed by atoms with Crippen LogP contribution >= 0.6 is 38.9 Å². The highest BCUT2D eigenvalue weighted by Crippen LogP contribution is 2.32. The molecule has 0 spiro atoms. The van der Waals surface area contributed by atoms with Crippen LogP contribution in [0.4, 0.5) is 11.4 Å². The average molecular weight is 410 g/mol.